The Labute approximate surface area is 157 Å². The average Bonchev–Trinajstić information content (AvgIpc) is 2.86. The van der Waals surface area contributed by atoms with Crippen molar-refractivity contribution >= 4 is 51.7 Å². The smallest absolute Gasteiger partial charge is 0.244 e. The number of hydrogen-bond donors (Lipinski definition) is 2. The Kier molecular flexibility index (Phi) is 6.49. The molecule has 1 aliphatic heterocycles. The zero-order valence-corrected chi connectivity index (χ0v) is 17.3. The molecule has 1 heterocycles. The topological polar surface area (TPSA) is 112 Å². The van der Waals surface area contributed by atoms with Gasteiger partial charge in [0, 0.05) is 21.5 Å². The molecule has 24 heavy (non-hydrogen) atoms. The van der Waals surface area contributed by atoms with Crippen molar-refractivity contribution < 1.29 is 27.0 Å². The normalized spacial score (nSPS) is 22.0. The molecule has 136 valence electrons. The molecule has 7 nitrogen and oxygen atoms in total. The molecule has 0 saturated carbocycles. The molecule has 1 aromatic rings. The number of sulfonamides is 1. The molecule has 0 amide bonds. The summed E-state index contributed by atoms with van der Waals surface area (Å²) in [5, 5.41) is 18.8. The van der Waals surface area contributed by atoms with Crippen molar-refractivity contribution in [3.8, 4) is 0 Å². The number of nitrogens with zero attached hydrogens (tertiary/aromatic N) is 1. The highest BCUT2D eigenvalue weighted by Crippen LogP contribution is 2.31. The van der Waals surface area contributed by atoms with Crippen LogP contribution in [0.4, 0.5) is 0 Å². The van der Waals surface area contributed by atoms with Gasteiger partial charge in [0.05, 0.1) is 29.1 Å². The van der Waals surface area contributed by atoms with Gasteiger partial charge in [-0.2, -0.15) is 4.31 Å². The number of sulfone groups is 1. The second-order valence-corrected chi connectivity index (χ2v) is 11.4. The van der Waals surface area contributed by atoms with Crippen LogP contribution in [0.15, 0.2) is 32.0 Å². The van der Waals surface area contributed by atoms with Crippen LogP contribution in [0.5, 0.6) is 0 Å². The van der Waals surface area contributed by atoms with Gasteiger partial charge in [-0.25, -0.2) is 16.8 Å². The fourth-order valence-corrected chi connectivity index (χ4v) is 7.49. The van der Waals surface area contributed by atoms with E-state index in [-0.39, 0.29) is 29.4 Å². The van der Waals surface area contributed by atoms with Gasteiger partial charge in [0.1, 0.15) is 0 Å². The molecule has 1 fully saturated rings. The minimum atomic E-state index is -4.07. The van der Waals surface area contributed by atoms with Gasteiger partial charge >= 0.3 is 0 Å². The van der Waals surface area contributed by atoms with Crippen LogP contribution in [-0.2, 0) is 19.9 Å². The highest BCUT2D eigenvalue weighted by molar-refractivity contribution is 9.11. The third-order valence-electron chi connectivity index (χ3n) is 3.70. The zero-order chi connectivity index (χ0) is 18.1. The van der Waals surface area contributed by atoms with Crippen LogP contribution in [0.25, 0.3) is 0 Å². The maximum atomic E-state index is 13.0. The van der Waals surface area contributed by atoms with Crippen LogP contribution < -0.4 is 0 Å². The fourth-order valence-electron chi connectivity index (χ4n) is 2.51. The van der Waals surface area contributed by atoms with Gasteiger partial charge in [0.2, 0.25) is 10.0 Å². The van der Waals surface area contributed by atoms with Gasteiger partial charge in [-0.1, -0.05) is 15.9 Å². The third-order valence-corrected chi connectivity index (χ3v) is 8.85. The van der Waals surface area contributed by atoms with E-state index in [4.69, 9.17) is 5.11 Å². The summed E-state index contributed by atoms with van der Waals surface area (Å²) in [5.74, 6) is -0.394. The number of hydrogen-bond acceptors (Lipinski definition) is 6. The quantitative estimate of drug-likeness (QED) is 0.588. The van der Waals surface area contributed by atoms with E-state index in [1.165, 1.54) is 6.07 Å². The fraction of sp³-hybridized carbons (Fsp3) is 0.538. The van der Waals surface area contributed by atoms with Gasteiger partial charge in [0.25, 0.3) is 0 Å². The van der Waals surface area contributed by atoms with Crippen LogP contribution >= 0.6 is 31.9 Å². The molecule has 0 aromatic heterocycles. The Hall–Kier alpha value is -0.0400. The summed E-state index contributed by atoms with van der Waals surface area (Å²) in [6, 6.07) is 3.85. The second-order valence-electron chi connectivity index (χ2n) is 5.54. The summed E-state index contributed by atoms with van der Waals surface area (Å²) in [6.45, 7) is -0.997. The van der Waals surface area contributed by atoms with Crippen molar-refractivity contribution in [1.82, 2.24) is 4.31 Å². The van der Waals surface area contributed by atoms with Crippen LogP contribution in [0.2, 0.25) is 0 Å². The highest BCUT2D eigenvalue weighted by Gasteiger charge is 2.40. The number of rotatable bonds is 6. The first-order valence-electron chi connectivity index (χ1n) is 7.03. The molecule has 0 radical (unpaired) electrons. The van der Waals surface area contributed by atoms with E-state index in [1.807, 2.05) is 0 Å². The SMILES string of the molecule is O=S1(=O)CC[C@@H](N(C[C@@H](O)CO)S(=O)(=O)c2cc(Br)ccc2Br)C1. The van der Waals surface area contributed by atoms with E-state index in [9.17, 15) is 21.9 Å². The molecule has 2 rings (SSSR count). The first-order chi connectivity index (χ1) is 11.1. The van der Waals surface area contributed by atoms with Crippen LogP contribution in [-0.4, -0.2) is 68.2 Å². The monoisotopic (exact) mass is 505 g/mol. The maximum Gasteiger partial charge on any atom is 0.244 e. The first kappa shape index (κ1) is 20.3. The molecule has 1 aromatic carbocycles. The number of aliphatic hydroxyl groups excluding tert-OH is 2. The van der Waals surface area contributed by atoms with E-state index in [0.29, 0.717) is 8.95 Å². The Morgan fingerprint density at radius 3 is 2.54 bits per heavy atom. The summed E-state index contributed by atoms with van der Waals surface area (Å²) < 4.78 is 51.4. The third kappa shape index (κ3) is 4.57. The highest BCUT2D eigenvalue weighted by atomic mass is 79.9. The molecule has 2 atom stereocenters. The van der Waals surface area contributed by atoms with E-state index < -0.39 is 38.6 Å². The maximum absolute atomic E-state index is 13.0. The molecule has 0 aliphatic carbocycles. The van der Waals surface area contributed by atoms with Crippen molar-refractivity contribution in [3.05, 3.63) is 27.1 Å². The Morgan fingerprint density at radius 1 is 1.33 bits per heavy atom. The van der Waals surface area contributed by atoms with E-state index in [0.717, 1.165) is 4.31 Å². The van der Waals surface area contributed by atoms with E-state index in [2.05, 4.69) is 31.9 Å². The van der Waals surface area contributed by atoms with Gasteiger partial charge in [-0.3, -0.25) is 0 Å². The predicted octanol–water partition coefficient (Wildman–Crippen LogP) is 0.743. The number of aliphatic hydroxyl groups is 2. The molecule has 1 saturated heterocycles. The molecule has 11 heteroatoms. The zero-order valence-electron chi connectivity index (χ0n) is 12.5. The summed E-state index contributed by atoms with van der Waals surface area (Å²) >= 11 is 6.41. The van der Waals surface area contributed by atoms with Crippen molar-refractivity contribution in [1.29, 1.82) is 0 Å². The molecular weight excluding hydrogens is 490 g/mol. The van der Waals surface area contributed by atoms with Gasteiger partial charge in [0.15, 0.2) is 9.84 Å². The minimum absolute atomic E-state index is 0.0358. The summed E-state index contributed by atoms with van der Waals surface area (Å²) in [7, 11) is -7.39. The predicted molar refractivity (Wildman–Crippen MR) is 95.9 cm³/mol. The van der Waals surface area contributed by atoms with Crippen molar-refractivity contribution in [2.75, 3.05) is 24.7 Å². The molecule has 1 aliphatic rings. The van der Waals surface area contributed by atoms with Crippen molar-refractivity contribution in [2.45, 2.75) is 23.5 Å². The lowest BCUT2D eigenvalue weighted by atomic mass is 10.2. The second kappa shape index (κ2) is 7.68. The minimum Gasteiger partial charge on any atom is -0.394 e. The van der Waals surface area contributed by atoms with Crippen molar-refractivity contribution in [3.63, 3.8) is 0 Å². The number of benzene rings is 1. The Bertz CT molecular complexity index is 812. The van der Waals surface area contributed by atoms with Gasteiger partial charge in [-0.05, 0) is 40.5 Å². The van der Waals surface area contributed by atoms with Crippen LogP contribution in [0.1, 0.15) is 6.42 Å². The standard InChI is InChI=1S/C13H17Br2NO6S2/c14-9-1-2-12(15)13(5-9)24(21,22)16(6-11(18)7-17)10-3-4-23(19,20)8-10/h1-2,5,10-11,17-18H,3-4,6-8H2/t10-,11-/m1/s1. The van der Waals surface area contributed by atoms with Crippen LogP contribution in [0.3, 0.4) is 0 Å². The molecular formula is C13H17Br2NO6S2. The van der Waals surface area contributed by atoms with Gasteiger partial charge in [-0.15, -0.1) is 0 Å². The first-order valence-corrected chi connectivity index (χ1v) is 11.9. The van der Waals surface area contributed by atoms with Crippen molar-refractivity contribution in [2.24, 2.45) is 0 Å². The Balaban J connectivity index is 2.47. The lowest BCUT2D eigenvalue weighted by Crippen LogP contribution is -2.46. The lowest BCUT2D eigenvalue weighted by molar-refractivity contribution is 0.0730. The van der Waals surface area contributed by atoms with Gasteiger partial charge < -0.3 is 10.2 Å². The molecule has 0 spiro atoms. The summed E-state index contributed by atoms with van der Waals surface area (Å²) in [6.07, 6.45) is -1.14. The Morgan fingerprint density at radius 2 is 2.00 bits per heavy atom. The molecule has 0 bridgehead atoms. The average molecular weight is 507 g/mol. The molecule has 2 N–H and O–H groups in total. The lowest BCUT2D eigenvalue weighted by Gasteiger charge is -2.29. The number of halogens is 2. The summed E-state index contributed by atoms with van der Waals surface area (Å²) in [5.41, 5.74) is 0. The van der Waals surface area contributed by atoms with Crippen LogP contribution in [0, 0.1) is 0 Å². The summed E-state index contributed by atoms with van der Waals surface area (Å²) in [4.78, 5) is -0.0358. The van der Waals surface area contributed by atoms with E-state index >= 15 is 0 Å². The largest absolute Gasteiger partial charge is 0.394 e. The van der Waals surface area contributed by atoms with E-state index in [1.54, 1.807) is 12.1 Å². The molecule has 0 unspecified atom stereocenters.